The molecule has 7 nitrogen and oxygen atoms in total. The van der Waals surface area contributed by atoms with Crippen LogP contribution in [0.5, 0.6) is 0 Å². The van der Waals surface area contributed by atoms with Gasteiger partial charge in [0, 0.05) is 12.5 Å². The molecular weight excluding hydrogens is 432 g/mol. The van der Waals surface area contributed by atoms with Gasteiger partial charge >= 0.3 is 12.1 Å². The molecule has 0 aliphatic heterocycles. The van der Waals surface area contributed by atoms with Crippen LogP contribution in [-0.2, 0) is 14.3 Å². The van der Waals surface area contributed by atoms with Crippen LogP contribution < -0.4 is 10.6 Å². The summed E-state index contributed by atoms with van der Waals surface area (Å²) in [4.78, 5) is 37.0. The van der Waals surface area contributed by atoms with Crippen LogP contribution >= 0.6 is 0 Å². The van der Waals surface area contributed by atoms with E-state index in [2.05, 4.69) is 34.9 Å². The van der Waals surface area contributed by atoms with Gasteiger partial charge in [-0.2, -0.15) is 0 Å². The summed E-state index contributed by atoms with van der Waals surface area (Å²) in [5.74, 6) is -1.35. The Hall–Kier alpha value is -3.35. The third kappa shape index (κ3) is 4.93. The summed E-state index contributed by atoms with van der Waals surface area (Å²) in [6, 6.07) is 15.5. The Balaban J connectivity index is 1.18. The van der Waals surface area contributed by atoms with Crippen LogP contribution in [0.4, 0.5) is 4.79 Å². The topological polar surface area (TPSA) is 105 Å². The lowest BCUT2D eigenvalue weighted by Crippen LogP contribution is -2.49. The minimum Gasteiger partial charge on any atom is -0.481 e. The Morgan fingerprint density at radius 1 is 0.941 bits per heavy atom. The van der Waals surface area contributed by atoms with Crippen molar-refractivity contribution in [3.05, 3.63) is 59.7 Å². The lowest BCUT2D eigenvalue weighted by molar-refractivity contribution is -0.142. The van der Waals surface area contributed by atoms with Crippen molar-refractivity contribution in [2.24, 2.45) is 17.8 Å². The molecule has 2 aromatic rings. The molecule has 7 heteroatoms. The van der Waals surface area contributed by atoms with Gasteiger partial charge in [-0.05, 0) is 53.4 Å². The van der Waals surface area contributed by atoms with Gasteiger partial charge in [0.15, 0.2) is 0 Å². The quantitative estimate of drug-likeness (QED) is 0.496. The number of hydrogen-bond donors (Lipinski definition) is 3. The fourth-order valence-corrected chi connectivity index (χ4v) is 4.96. The molecule has 3 N–H and O–H groups in total. The Labute approximate surface area is 198 Å². The zero-order valence-electron chi connectivity index (χ0n) is 19.0. The zero-order chi connectivity index (χ0) is 23.7. The number of aliphatic carboxylic acids is 1. The highest BCUT2D eigenvalue weighted by atomic mass is 16.5. The maximum atomic E-state index is 12.8. The number of carbonyl (C=O) groups excluding carboxylic acids is 2. The number of benzene rings is 2. The molecule has 0 radical (unpaired) electrons. The molecule has 2 amide bonds. The van der Waals surface area contributed by atoms with Crippen LogP contribution in [0.3, 0.4) is 0 Å². The van der Waals surface area contributed by atoms with E-state index < -0.39 is 24.0 Å². The van der Waals surface area contributed by atoms with Gasteiger partial charge in [-0.15, -0.1) is 0 Å². The summed E-state index contributed by atoms with van der Waals surface area (Å²) in [6.45, 7) is 0.265. The molecule has 5 rings (SSSR count). The highest BCUT2D eigenvalue weighted by molar-refractivity contribution is 5.87. The number of rotatable bonds is 10. The number of alkyl carbamates (subject to hydrolysis) is 1. The van der Waals surface area contributed by atoms with Crippen molar-refractivity contribution in [1.82, 2.24) is 10.6 Å². The van der Waals surface area contributed by atoms with Gasteiger partial charge < -0.3 is 20.5 Å². The first kappa shape index (κ1) is 22.4. The monoisotopic (exact) mass is 462 g/mol. The predicted molar refractivity (Wildman–Crippen MR) is 126 cm³/mol. The second-order valence-electron chi connectivity index (χ2n) is 9.74. The minimum atomic E-state index is -0.889. The van der Waals surface area contributed by atoms with Crippen molar-refractivity contribution in [2.75, 3.05) is 13.2 Å². The summed E-state index contributed by atoms with van der Waals surface area (Å²) in [6.07, 6.45) is 3.79. The number of carboxylic acids is 1. The second kappa shape index (κ2) is 9.49. The minimum absolute atomic E-state index is 0.0508. The number of nitrogens with one attached hydrogen (secondary N) is 2. The van der Waals surface area contributed by atoms with Crippen molar-refractivity contribution in [2.45, 2.75) is 44.1 Å². The van der Waals surface area contributed by atoms with Gasteiger partial charge in [-0.3, -0.25) is 9.59 Å². The SMILES string of the molecule is O=C(NC(C(=O)NCC(CC1CC1)C(=O)O)C1CC1)OCC1c2ccccc2-c2ccccc21. The van der Waals surface area contributed by atoms with E-state index in [1.54, 1.807) is 0 Å². The average Bonchev–Trinajstić information content (AvgIpc) is 3.77. The molecular formula is C27H30N2O5. The molecule has 34 heavy (non-hydrogen) atoms. The smallest absolute Gasteiger partial charge is 0.407 e. The van der Waals surface area contributed by atoms with Gasteiger partial charge in [0.1, 0.15) is 12.6 Å². The van der Waals surface area contributed by atoms with Crippen LogP contribution in [0.2, 0.25) is 0 Å². The summed E-state index contributed by atoms with van der Waals surface area (Å²) < 4.78 is 5.60. The Morgan fingerprint density at radius 3 is 2.12 bits per heavy atom. The highest BCUT2D eigenvalue weighted by Crippen LogP contribution is 2.44. The van der Waals surface area contributed by atoms with E-state index in [1.165, 1.54) is 0 Å². The van der Waals surface area contributed by atoms with Crippen molar-refractivity contribution in [3.63, 3.8) is 0 Å². The number of amides is 2. The van der Waals surface area contributed by atoms with E-state index in [-0.39, 0.29) is 30.9 Å². The summed E-state index contributed by atoms with van der Waals surface area (Å²) in [7, 11) is 0. The van der Waals surface area contributed by atoms with Crippen molar-refractivity contribution >= 4 is 18.0 Å². The van der Waals surface area contributed by atoms with Crippen LogP contribution in [0.15, 0.2) is 48.5 Å². The van der Waals surface area contributed by atoms with E-state index in [4.69, 9.17) is 4.74 Å². The Morgan fingerprint density at radius 2 is 1.56 bits per heavy atom. The molecule has 0 aromatic heterocycles. The van der Waals surface area contributed by atoms with Gasteiger partial charge in [-0.25, -0.2) is 4.79 Å². The molecule has 3 aliphatic carbocycles. The molecule has 178 valence electrons. The molecule has 0 spiro atoms. The maximum absolute atomic E-state index is 12.8. The van der Waals surface area contributed by atoms with Crippen LogP contribution in [0.25, 0.3) is 11.1 Å². The molecule has 2 unspecified atom stereocenters. The second-order valence-corrected chi connectivity index (χ2v) is 9.74. The van der Waals surface area contributed by atoms with E-state index in [9.17, 15) is 19.5 Å². The fraction of sp³-hybridized carbons (Fsp3) is 0.444. The maximum Gasteiger partial charge on any atom is 0.407 e. The summed E-state index contributed by atoms with van der Waals surface area (Å²) in [5, 5.41) is 14.9. The number of carbonyl (C=O) groups is 3. The lowest BCUT2D eigenvalue weighted by atomic mass is 9.98. The number of fused-ring (bicyclic) bond motifs is 3. The van der Waals surface area contributed by atoms with E-state index in [1.807, 2.05) is 24.3 Å². The van der Waals surface area contributed by atoms with Gasteiger partial charge in [0.05, 0.1) is 5.92 Å². The van der Waals surface area contributed by atoms with E-state index in [0.717, 1.165) is 47.9 Å². The third-order valence-corrected chi connectivity index (χ3v) is 7.18. The molecule has 2 atom stereocenters. The van der Waals surface area contributed by atoms with Crippen LogP contribution in [0, 0.1) is 17.8 Å². The van der Waals surface area contributed by atoms with Gasteiger partial charge in [0.25, 0.3) is 0 Å². The summed E-state index contributed by atoms with van der Waals surface area (Å²) >= 11 is 0. The molecule has 0 bridgehead atoms. The van der Waals surface area contributed by atoms with Crippen molar-refractivity contribution < 1.29 is 24.2 Å². The molecule has 3 aliphatic rings. The first-order chi connectivity index (χ1) is 16.5. The van der Waals surface area contributed by atoms with Gasteiger partial charge in [0.2, 0.25) is 5.91 Å². The average molecular weight is 463 g/mol. The van der Waals surface area contributed by atoms with E-state index >= 15 is 0 Å². The molecule has 2 aromatic carbocycles. The van der Waals surface area contributed by atoms with Gasteiger partial charge in [-0.1, -0.05) is 61.4 Å². The number of hydrogen-bond acceptors (Lipinski definition) is 4. The standard InChI is InChI=1S/C27H30N2O5/c30-25(28-14-18(26(31)32)13-16-9-10-16)24(17-11-12-17)29-27(33)34-15-23-21-7-3-1-5-19(21)20-6-2-4-8-22(20)23/h1-8,16-18,23-24H,9-15H2,(H,28,30)(H,29,33)(H,31,32). The van der Waals surface area contributed by atoms with Crippen LogP contribution in [0.1, 0.15) is 49.1 Å². The Kier molecular flexibility index (Phi) is 6.26. The number of ether oxygens (including phenoxy) is 1. The first-order valence-electron chi connectivity index (χ1n) is 12.1. The molecule has 0 heterocycles. The zero-order valence-corrected chi connectivity index (χ0v) is 19.0. The van der Waals surface area contributed by atoms with E-state index in [0.29, 0.717) is 12.3 Å². The number of carboxylic acid groups (broad SMARTS) is 1. The fourth-order valence-electron chi connectivity index (χ4n) is 4.96. The molecule has 2 saturated carbocycles. The first-order valence-corrected chi connectivity index (χ1v) is 12.1. The lowest BCUT2D eigenvalue weighted by Gasteiger charge is -2.20. The molecule has 2 fully saturated rings. The van der Waals surface area contributed by atoms with Crippen LogP contribution in [-0.4, -0.2) is 42.3 Å². The Bertz CT molecular complexity index is 1050. The largest absolute Gasteiger partial charge is 0.481 e. The highest BCUT2D eigenvalue weighted by Gasteiger charge is 2.39. The molecule has 0 saturated heterocycles. The normalized spacial score (nSPS) is 18.4. The third-order valence-electron chi connectivity index (χ3n) is 7.18. The predicted octanol–water partition coefficient (Wildman–Crippen LogP) is 3.92. The summed E-state index contributed by atoms with van der Waals surface area (Å²) in [5.41, 5.74) is 4.56. The van der Waals surface area contributed by atoms with Crippen molar-refractivity contribution in [1.29, 1.82) is 0 Å². The van der Waals surface area contributed by atoms with Crippen molar-refractivity contribution in [3.8, 4) is 11.1 Å².